The summed E-state index contributed by atoms with van der Waals surface area (Å²) >= 11 is 7.27. The van der Waals surface area contributed by atoms with Crippen LogP contribution in [0.5, 0.6) is 0 Å². The third kappa shape index (κ3) is 3.88. The smallest absolute Gasteiger partial charge is 0.243 e. The molecule has 10 heteroatoms. The highest BCUT2D eigenvalue weighted by Crippen LogP contribution is 2.31. The molecule has 3 heterocycles. The first-order chi connectivity index (χ1) is 12.9. The Morgan fingerprint density at radius 3 is 2.74 bits per heavy atom. The summed E-state index contributed by atoms with van der Waals surface area (Å²) in [6, 6.07) is 8.43. The van der Waals surface area contributed by atoms with Gasteiger partial charge in [-0.2, -0.15) is 4.31 Å². The van der Waals surface area contributed by atoms with Crippen molar-refractivity contribution in [1.82, 2.24) is 13.7 Å². The molecule has 2 aliphatic rings. The SMILES string of the molecule is O=C(Nc1nc2c(s1)CN(S(=O)(=O)c1ccccc1)CC2)[C@H]1CCN(Cl)C1. The van der Waals surface area contributed by atoms with Crippen LogP contribution in [-0.2, 0) is 27.8 Å². The predicted octanol–water partition coefficient (Wildman–Crippen LogP) is 2.30. The average molecular weight is 427 g/mol. The van der Waals surface area contributed by atoms with E-state index < -0.39 is 10.0 Å². The van der Waals surface area contributed by atoms with Gasteiger partial charge < -0.3 is 5.32 Å². The van der Waals surface area contributed by atoms with Crippen LogP contribution in [0.25, 0.3) is 0 Å². The van der Waals surface area contributed by atoms with Crippen molar-refractivity contribution in [3.05, 3.63) is 40.9 Å². The fourth-order valence-corrected chi connectivity index (χ4v) is 6.11. The van der Waals surface area contributed by atoms with E-state index in [9.17, 15) is 13.2 Å². The van der Waals surface area contributed by atoms with Gasteiger partial charge in [0.05, 0.1) is 23.1 Å². The maximum absolute atomic E-state index is 12.8. The van der Waals surface area contributed by atoms with Crippen molar-refractivity contribution in [3.8, 4) is 0 Å². The molecule has 0 saturated carbocycles. The van der Waals surface area contributed by atoms with Crippen LogP contribution in [0, 0.1) is 5.92 Å². The van der Waals surface area contributed by atoms with Crippen molar-refractivity contribution >= 4 is 44.2 Å². The van der Waals surface area contributed by atoms with E-state index in [0.717, 1.165) is 17.0 Å². The molecule has 7 nitrogen and oxygen atoms in total. The maximum Gasteiger partial charge on any atom is 0.243 e. The number of thiazole rings is 1. The molecule has 4 rings (SSSR count). The van der Waals surface area contributed by atoms with E-state index >= 15 is 0 Å². The Morgan fingerprint density at radius 1 is 1.26 bits per heavy atom. The van der Waals surface area contributed by atoms with Gasteiger partial charge in [0.1, 0.15) is 0 Å². The summed E-state index contributed by atoms with van der Waals surface area (Å²) in [6.07, 6.45) is 1.26. The summed E-state index contributed by atoms with van der Waals surface area (Å²) in [4.78, 5) is 18.0. The molecular formula is C17H19ClN4O3S2. The van der Waals surface area contributed by atoms with Crippen LogP contribution in [0.4, 0.5) is 5.13 Å². The number of nitrogens with one attached hydrogen (secondary N) is 1. The Labute approximate surface area is 167 Å². The number of fused-ring (bicyclic) bond motifs is 1. The van der Waals surface area contributed by atoms with Crippen LogP contribution >= 0.6 is 23.1 Å². The second kappa shape index (κ2) is 7.48. The Hall–Kier alpha value is -1.52. The fraction of sp³-hybridized carbons (Fsp3) is 0.412. The normalized spacial score (nSPS) is 21.1. The number of carbonyl (C=O) groups excluding carboxylic acids is 1. The molecule has 2 aliphatic heterocycles. The van der Waals surface area contributed by atoms with Crippen molar-refractivity contribution in [1.29, 1.82) is 0 Å². The Morgan fingerprint density at radius 2 is 2.04 bits per heavy atom. The zero-order valence-corrected chi connectivity index (χ0v) is 16.9. The highest BCUT2D eigenvalue weighted by atomic mass is 35.5. The number of rotatable bonds is 4. The van der Waals surface area contributed by atoms with Crippen molar-refractivity contribution in [2.45, 2.75) is 24.3 Å². The quantitative estimate of drug-likeness (QED) is 0.758. The van der Waals surface area contributed by atoms with Gasteiger partial charge >= 0.3 is 0 Å². The lowest BCUT2D eigenvalue weighted by atomic mass is 10.1. The van der Waals surface area contributed by atoms with Crippen LogP contribution < -0.4 is 5.32 Å². The van der Waals surface area contributed by atoms with Gasteiger partial charge in [0, 0.05) is 30.9 Å². The van der Waals surface area contributed by atoms with Crippen molar-refractivity contribution in [2.75, 3.05) is 25.0 Å². The van der Waals surface area contributed by atoms with Gasteiger partial charge in [0.2, 0.25) is 15.9 Å². The van der Waals surface area contributed by atoms with Gasteiger partial charge in [0.25, 0.3) is 0 Å². The Balaban J connectivity index is 1.47. The second-order valence-corrected chi connectivity index (χ2v) is 10.1. The molecule has 1 atom stereocenters. The zero-order chi connectivity index (χ0) is 19.0. The van der Waals surface area contributed by atoms with Gasteiger partial charge in [-0.15, -0.1) is 11.3 Å². The summed E-state index contributed by atoms with van der Waals surface area (Å²) in [7, 11) is -3.53. The zero-order valence-electron chi connectivity index (χ0n) is 14.5. The first-order valence-electron chi connectivity index (χ1n) is 8.69. The fourth-order valence-electron chi connectivity index (χ4n) is 3.31. The lowest BCUT2D eigenvalue weighted by Crippen LogP contribution is -2.35. The number of hydrogen-bond acceptors (Lipinski definition) is 6. The Bertz CT molecular complexity index is 948. The molecule has 1 N–H and O–H groups in total. The monoisotopic (exact) mass is 426 g/mol. The van der Waals surface area contributed by atoms with E-state index in [2.05, 4.69) is 10.3 Å². The van der Waals surface area contributed by atoms with Gasteiger partial charge in [-0.3, -0.25) is 4.79 Å². The van der Waals surface area contributed by atoms with Gasteiger partial charge in [-0.1, -0.05) is 18.2 Å². The summed E-state index contributed by atoms with van der Waals surface area (Å²) < 4.78 is 28.7. The molecule has 27 heavy (non-hydrogen) atoms. The van der Waals surface area contributed by atoms with Crippen LogP contribution in [0.15, 0.2) is 35.2 Å². The van der Waals surface area contributed by atoms with Gasteiger partial charge in [-0.25, -0.2) is 17.8 Å². The van der Waals surface area contributed by atoms with Gasteiger partial charge in [0.15, 0.2) is 5.13 Å². The standard InChI is InChI=1S/C17H19ClN4O3S2/c18-21-8-6-12(10-21)16(23)20-17-19-14-7-9-22(11-15(14)26-17)27(24,25)13-4-2-1-3-5-13/h1-5,12H,6-11H2,(H,19,20,23)/t12-/m0/s1. The number of benzene rings is 1. The number of amides is 1. The molecule has 1 fully saturated rings. The molecule has 0 bridgehead atoms. The number of sulfonamides is 1. The minimum absolute atomic E-state index is 0.0852. The topological polar surface area (TPSA) is 82.6 Å². The summed E-state index contributed by atoms with van der Waals surface area (Å²) in [6.45, 7) is 1.88. The van der Waals surface area contributed by atoms with Crippen molar-refractivity contribution < 1.29 is 13.2 Å². The number of nitrogens with zero attached hydrogens (tertiary/aromatic N) is 3. The van der Waals surface area contributed by atoms with Crippen LogP contribution in [0.1, 0.15) is 17.0 Å². The van der Waals surface area contributed by atoms with E-state index in [0.29, 0.717) is 36.1 Å². The summed E-state index contributed by atoms with van der Waals surface area (Å²) in [5, 5.41) is 3.39. The van der Waals surface area contributed by atoms with Crippen LogP contribution in [0.2, 0.25) is 0 Å². The van der Waals surface area contributed by atoms with Crippen LogP contribution in [0.3, 0.4) is 0 Å². The molecule has 1 aromatic heterocycles. The summed E-state index contributed by atoms with van der Waals surface area (Å²) in [5.74, 6) is -0.226. The minimum atomic E-state index is -3.53. The lowest BCUT2D eigenvalue weighted by molar-refractivity contribution is -0.119. The maximum atomic E-state index is 12.8. The highest BCUT2D eigenvalue weighted by molar-refractivity contribution is 7.89. The van der Waals surface area contributed by atoms with Crippen LogP contribution in [-0.4, -0.2) is 47.7 Å². The molecule has 1 saturated heterocycles. The van der Waals surface area contributed by atoms with E-state index in [1.54, 1.807) is 34.8 Å². The second-order valence-electron chi connectivity index (χ2n) is 6.63. The molecule has 0 spiro atoms. The molecular weight excluding hydrogens is 408 g/mol. The largest absolute Gasteiger partial charge is 0.302 e. The molecule has 2 aromatic rings. The molecule has 0 aliphatic carbocycles. The third-order valence-corrected chi connectivity index (χ3v) is 7.98. The third-order valence-electron chi connectivity index (χ3n) is 4.82. The van der Waals surface area contributed by atoms with E-state index in [-0.39, 0.29) is 18.4 Å². The van der Waals surface area contributed by atoms with E-state index in [1.165, 1.54) is 15.6 Å². The first kappa shape index (κ1) is 18.8. The van der Waals surface area contributed by atoms with Crippen molar-refractivity contribution in [2.24, 2.45) is 5.92 Å². The number of anilines is 1. The number of carbonyl (C=O) groups is 1. The minimum Gasteiger partial charge on any atom is -0.302 e. The van der Waals surface area contributed by atoms with Crippen molar-refractivity contribution in [3.63, 3.8) is 0 Å². The summed E-state index contributed by atoms with van der Waals surface area (Å²) in [5.41, 5.74) is 0.861. The van der Waals surface area contributed by atoms with E-state index in [1.807, 2.05) is 0 Å². The predicted molar refractivity (Wildman–Crippen MR) is 104 cm³/mol. The highest BCUT2D eigenvalue weighted by Gasteiger charge is 2.32. The van der Waals surface area contributed by atoms with E-state index in [4.69, 9.17) is 11.8 Å². The molecule has 1 amide bonds. The molecule has 144 valence electrons. The number of aromatic nitrogens is 1. The lowest BCUT2D eigenvalue weighted by Gasteiger charge is -2.25. The molecule has 1 aromatic carbocycles. The number of halogens is 1. The van der Waals surface area contributed by atoms with Gasteiger partial charge in [-0.05, 0) is 30.3 Å². The average Bonchev–Trinajstić information content (AvgIpc) is 3.27. The molecule has 0 radical (unpaired) electrons. The first-order valence-corrected chi connectivity index (χ1v) is 11.3. The molecule has 0 unspecified atom stereocenters. The Kier molecular flexibility index (Phi) is 5.21. The number of hydrogen-bond donors (Lipinski definition) is 1.